The van der Waals surface area contributed by atoms with Crippen molar-refractivity contribution in [3.8, 4) is 0 Å². The number of piperazine rings is 1. The number of pyridine rings is 2. The van der Waals surface area contributed by atoms with E-state index in [4.69, 9.17) is 0 Å². The van der Waals surface area contributed by atoms with Crippen molar-refractivity contribution in [2.75, 3.05) is 31.1 Å². The van der Waals surface area contributed by atoms with Crippen LogP contribution in [0.15, 0.2) is 41.3 Å². The van der Waals surface area contributed by atoms with E-state index in [1.54, 1.807) is 12.1 Å². The van der Waals surface area contributed by atoms with E-state index in [9.17, 15) is 19.1 Å². The Hall–Kier alpha value is -3.30. The summed E-state index contributed by atoms with van der Waals surface area (Å²) in [6, 6.07) is 8.39. The molecule has 1 amide bonds. The Balaban J connectivity index is 1.18. The molecule has 2 fully saturated rings. The van der Waals surface area contributed by atoms with Gasteiger partial charge in [-0.1, -0.05) is 6.92 Å². The minimum absolute atomic E-state index is 0.0415. The zero-order valence-corrected chi connectivity index (χ0v) is 19.8. The number of fused-ring (bicyclic) bond motifs is 1. The second kappa shape index (κ2) is 9.75. The predicted molar refractivity (Wildman–Crippen MR) is 132 cm³/mol. The number of aliphatic hydroxyl groups excluding tert-OH is 1. The molecule has 1 saturated carbocycles. The number of carbonyl (C=O) groups is 1. The van der Waals surface area contributed by atoms with Gasteiger partial charge in [-0.3, -0.25) is 19.5 Å². The van der Waals surface area contributed by atoms with Crippen molar-refractivity contribution in [1.82, 2.24) is 20.2 Å². The van der Waals surface area contributed by atoms with E-state index in [-0.39, 0.29) is 23.6 Å². The normalized spacial score (nSPS) is 20.6. The first-order chi connectivity index (χ1) is 16.9. The molecule has 1 saturated heterocycles. The average molecular weight is 480 g/mol. The first-order valence-corrected chi connectivity index (χ1v) is 12.2. The van der Waals surface area contributed by atoms with Crippen molar-refractivity contribution >= 4 is 22.6 Å². The number of anilines is 1. The lowest BCUT2D eigenvalue weighted by molar-refractivity contribution is 0.0562. The monoisotopic (exact) mass is 479 g/mol. The number of amides is 1. The minimum atomic E-state index is -0.408. The Bertz CT molecular complexity index is 1300. The lowest BCUT2D eigenvalue weighted by Gasteiger charge is -2.36. The molecule has 0 radical (unpaired) electrons. The maximum absolute atomic E-state index is 14.9. The number of nitrogens with zero attached hydrogens (tertiary/aromatic N) is 3. The highest BCUT2D eigenvalue weighted by Crippen LogP contribution is 2.24. The molecule has 0 bridgehead atoms. The zero-order chi connectivity index (χ0) is 24.5. The molecule has 3 N–H and O–H groups in total. The van der Waals surface area contributed by atoms with E-state index in [0.717, 1.165) is 35.2 Å². The van der Waals surface area contributed by atoms with Gasteiger partial charge in [-0.15, -0.1) is 0 Å². The number of nitrogens with one attached hydrogen (secondary N) is 2. The Morgan fingerprint density at radius 2 is 1.97 bits per heavy atom. The van der Waals surface area contributed by atoms with Crippen LogP contribution in [0.3, 0.4) is 0 Å². The third-order valence-corrected chi connectivity index (χ3v) is 6.98. The van der Waals surface area contributed by atoms with Gasteiger partial charge in [0.2, 0.25) is 0 Å². The fraction of sp³-hybridized carbons (Fsp3) is 0.423. The highest BCUT2D eigenvalue weighted by molar-refractivity contribution is 5.94. The van der Waals surface area contributed by atoms with Crippen molar-refractivity contribution < 1.29 is 14.3 Å². The molecule has 0 unspecified atom stereocenters. The SMILES string of the molecule is CCc1cc2ncc(CN3CCN(c4ccc(C(=O)N[C@H]5C[C@@H](O)C5)cc4F)CC3)cc2[nH]c1=O. The summed E-state index contributed by atoms with van der Waals surface area (Å²) in [5.74, 6) is -0.720. The van der Waals surface area contributed by atoms with E-state index >= 15 is 0 Å². The standard InChI is InChI=1S/C26H30FN5O3/c1-2-17-11-22-23(30-25(17)34)9-16(14-28-22)15-31-5-7-32(8-6-31)24-4-3-18(10-21(24)27)26(35)29-19-12-20(33)13-19/h3-4,9-11,14,19-20,33H,2,5-8,12-13,15H2,1H3,(H,29,35)(H,30,34)/t19-,20+. The molecule has 2 aromatic heterocycles. The van der Waals surface area contributed by atoms with E-state index in [0.29, 0.717) is 50.1 Å². The van der Waals surface area contributed by atoms with Gasteiger partial charge < -0.3 is 20.3 Å². The molecule has 9 heteroatoms. The number of hydrogen-bond acceptors (Lipinski definition) is 6. The lowest BCUT2D eigenvalue weighted by atomic mass is 9.89. The third kappa shape index (κ3) is 5.06. The molecule has 184 valence electrons. The van der Waals surface area contributed by atoms with Gasteiger partial charge >= 0.3 is 0 Å². The van der Waals surface area contributed by atoms with Gasteiger partial charge in [0.15, 0.2) is 0 Å². The molecule has 0 atom stereocenters. The number of H-pyrrole nitrogens is 1. The second-order valence-corrected chi connectivity index (χ2v) is 9.48. The average Bonchev–Trinajstić information content (AvgIpc) is 2.83. The van der Waals surface area contributed by atoms with Crippen LogP contribution in [0.5, 0.6) is 0 Å². The number of benzene rings is 1. The van der Waals surface area contributed by atoms with Crippen LogP contribution in [0.2, 0.25) is 0 Å². The largest absolute Gasteiger partial charge is 0.393 e. The number of rotatable bonds is 6. The van der Waals surface area contributed by atoms with Crippen molar-refractivity contribution in [3.05, 3.63) is 69.4 Å². The van der Waals surface area contributed by atoms with Crippen LogP contribution in [0.4, 0.5) is 10.1 Å². The molecule has 1 aliphatic heterocycles. The topological polar surface area (TPSA) is 102 Å². The smallest absolute Gasteiger partial charge is 0.251 e. The summed E-state index contributed by atoms with van der Waals surface area (Å²) in [4.78, 5) is 36.2. The van der Waals surface area contributed by atoms with Gasteiger partial charge in [0.1, 0.15) is 5.82 Å². The van der Waals surface area contributed by atoms with Crippen LogP contribution in [-0.4, -0.2) is 64.2 Å². The first kappa shape index (κ1) is 23.4. The Labute approximate surface area is 202 Å². The maximum atomic E-state index is 14.9. The Morgan fingerprint density at radius 3 is 2.66 bits per heavy atom. The van der Waals surface area contributed by atoms with Gasteiger partial charge in [-0.25, -0.2) is 4.39 Å². The van der Waals surface area contributed by atoms with Crippen LogP contribution in [0.25, 0.3) is 11.0 Å². The molecule has 1 aliphatic carbocycles. The van der Waals surface area contributed by atoms with Crippen molar-refractivity contribution in [2.45, 2.75) is 44.9 Å². The molecular weight excluding hydrogens is 449 g/mol. The van der Waals surface area contributed by atoms with E-state index < -0.39 is 5.82 Å². The van der Waals surface area contributed by atoms with E-state index in [1.165, 1.54) is 6.07 Å². The summed E-state index contributed by atoms with van der Waals surface area (Å²) >= 11 is 0. The molecule has 8 nitrogen and oxygen atoms in total. The molecule has 1 aromatic carbocycles. The minimum Gasteiger partial charge on any atom is -0.393 e. The van der Waals surface area contributed by atoms with Crippen LogP contribution >= 0.6 is 0 Å². The van der Waals surface area contributed by atoms with Crippen LogP contribution in [-0.2, 0) is 13.0 Å². The maximum Gasteiger partial charge on any atom is 0.251 e. The van der Waals surface area contributed by atoms with Gasteiger partial charge in [-0.05, 0) is 55.2 Å². The molecule has 3 aromatic rings. The fourth-order valence-electron chi connectivity index (χ4n) is 4.80. The summed E-state index contributed by atoms with van der Waals surface area (Å²) in [5.41, 5.74) is 3.99. The van der Waals surface area contributed by atoms with Crippen molar-refractivity contribution in [3.63, 3.8) is 0 Å². The first-order valence-electron chi connectivity index (χ1n) is 12.2. The van der Waals surface area contributed by atoms with Crippen LogP contribution < -0.4 is 15.8 Å². The second-order valence-electron chi connectivity index (χ2n) is 9.48. The lowest BCUT2D eigenvalue weighted by Crippen LogP contribution is -2.47. The summed E-state index contributed by atoms with van der Waals surface area (Å²) in [6.07, 6.45) is 3.25. The summed E-state index contributed by atoms with van der Waals surface area (Å²) < 4.78 is 14.9. The molecule has 5 rings (SSSR count). The van der Waals surface area contributed by atoms with Gasteiger partial charge in [0.05, 0.1) is 22.8 Å². The quantitative estimate of drug-likeness (QED) is 0.501. The van der Waals surface area contributed by atoms with Gasteiger partial charge in [0, 0.05) is 56.1 Å². The van der Waals surface area contributed by atoms with Gasteiger partial charge in [0.25, 0.3) is 11.5 Å². The Morgan fingerprint density at radius 1 is 1.20 bits per heavy atom. The fourth-order valence-corrected chi connectivity index (χ4v) is 4.80. The molecule has 0 spiro atoms. The van der Waals surface area contributed by atoms with Crippen molar-refractivity contribution in [1.29, 1.82) is 0 Å². The molecule has 2 aliphatic rings. The predicted octanol–water partition coefficient (Wildman–Crippen LogP) is 2.20. The number of aromatic nitrogens is 2. The summed E-state index contributed by atoms with van der Waals surface area (Å²) in [5, 5.41) is 12.2. The zero-order valence-electron chi connectivity index (χ0n) is 19.8. The number of aromatic amines is 1. The number of halogens is 1. The molecule has 3 heterocycles. The number of carbonyl (C=O) groups excluding carboxylic acids is 1. The van der Waals surface area contributed by atoms with Gasteiger partial charge in [-0.2, -0.15) is 0 Å². The number of aliphatic hydroxyl groups is 1. The van der Waals surface area contributed by atoms with Crippen molar-refractivity contribution in [2.24, 2.45) is 0 Å². The highest BCUT2D eigenvalue weighted by Gasteiger charge is 2.29. The van der Waals surface area contributed by atoms with E-state index in [1.807, 2.05) is 30.2 Å². The Kier molecular flexibility index (Phi) is 6.53. The summed E-state index contributed by atoms with van der Waals surface area (Å²) in [6.45, 7) is 5.50. The molecular formula is C26H30FN5O3. The number of aryl methyl sites for hydroxylation is 1. The highest BCUT2D eigenvalue weighted by atomic mass is 19.1. The third-order valence-electron chi connectivity index (χ3n) is 6.98. The van der Waals surface area contributed by atoms with E-state index in [2.05, 4.69) is 20.2 Å². The van der Waals surface area contributed by atoms with Crippen LogP contribution in [0, 0.1) is 5.82 Å². The number of hydrogen-bond donors (Lipinski definition) is 3. The van der Waals surface area contributed by atoms with Crippen LogP contribution in [0.1, 0.15) is 41.3 Å². The molecule has 35 heavy (non-hydrogen) atoms. The summed E-state index contributed by atoms with van der Waals surface area (Å²) in [7, 11) is 0.